The lowest BCUT2D eigenvalue weighted by atomic mass is 10.1. The van der Waals surface area contributed by atoms with Gasteiger partial charge in [0.2, 0.25) is 5.95 Å². The lowest BCUT2D eigenvalue weighted by Gasteiger charge is -2.32. The van der Waals surface area contributed by atoms with E-state index in [1.807, 2.05) is 12.4 Å². The zero-order valence-electron chi connectivity index (χ0n) is 13.3. The summed E-state index contributed by atoms with van der Waals surface area (Å²) in [5.41, 5.74) is 7.08. The predicted octanol–water partition coefficient (Wildman–Crippen LogP) is 2.15. The van der Waals surface area contributed by atoms with E-state index in [1.165, 1.54) is 0 Å². The van der Waals surface area contributed by atoms with Crippen molar-refractivity contribution in [1.82, 2.24) is 9.97 Å². The molecule has 0 bridgehead atoms. The van der Waals surface area contributed by atoms with Crippen molar-refractivity contribution in [3.8, 4) is 0 Å². The van der Waals surface area contributed by atoms with Crippen molar-refractivity contribution in [2.75, 3.05) is 24.6 Å². The zero-order valence-corrected chi connectivity index (χ0v) is 13.3. The van der Waals surface area contributed by atoms with E-state index in [4.69, 9.17) is 10.5 Å². The van der Waals surface area contributed by atoms with Crippen molar-refractivity contribution in [3.05, 3.63) is 18.0 Å². The number of nitrogens with two attached hydrogens (primary N) is 1. The average Bonchev–Trinajstić information content (AvgIpc) is 2.53. The van der Waals surface area contributed by atoms with Crippen molar-refractivity contribution >= 4 is 5.95 Å². The molecule has 1 aliphatic rings. The summed E-state index contributed by atoms with van der Waals surface area (Å²) in [7, 11) is 0. The first-order chi connectivity index (χ1) is 10.2. The summed E-state index contributed by atoms with van der Waals surface area (Å²) >= 11 is 0. The first kappa shape index (κ1) is 16.2. The third-order valence-corrected chi connectivity index (χ3v) is 3.93. The van der Waals surface area contributed by atoms with Gasteiger partial charge in [0.05, 0.1) is 6.10 Å². The molecule has 2 atom stereocenters. The van der Waals surface area contributed by atoms with Gasteiger partial charge in [-0.1, -0.05) is 13.8 Å². The first-order valence-electron chi connectivity index (χ1n) is 8.16. The van der Waals surface area contributed by atoms with Crippen LogP contribution >= 0.6 is 0 Å². The number of ether oxygens (including phenoxy) is 1. The molecule has 5 nitrogen and oxygen atoms in total. The lowest BCUT2D eigenvalue weighted by Crippen LogP contribution is -2.40. The third-order valence-electron chi connectivity index (χ3n) is 3.93. The maximum atomic E-state index is 5.97. The molecule has 1 aliphatic heterocycles. The Balaban J connectivity index is 1.91. The van der Waals surface area contributed by atoms with Crippen LogP contribution in [0.1, 0.15) is 45.1 Å². The normalized spacial score (nSPS) is 20.5. The second-order valence-corrected chi connectivity index (χ2v) is 5.84. The molecule has 0 spiro atoms. The largest absolute Gasteiger partial charge is 0.376 e. The maximum absolute atomic E-state index is 5.97. The molecule has 1 aromatic heterocycles. The van der Waals surface area contributed by atoms with Gasteiger partial charge < -0.3 is 15.4 Å². The van der Waals surface area contributed by atoms with Gasteiger partial charge in [0.15, 0.2) is 0 Å². The summed E-state index contributed by atoms with van der Waals surface area (Å²) < 4.78 is 5.86. The highest BCUT2D eigenvalue weighted by Crippen LogP contribution is 2.18. The molecule has 2 N–H and O–H groups in total. The smallest absolute Gasteiger partial charge is 0.225 e. The molecule has 1 aromatic rings. The van der Waals surface area contributed by atoms with E-state index >= 15 is 0 Å². The van der Waals surface area contributed by atoms with Gasteiger partial charge in [-0.3, -0.25) is 0 Å². The molecule has 21 heavy (non-hydrogen) atoms. The summed E-state index contributed by atoms with van der Waals surface area (Å²) in [5.74, 6) is 0.814. The molecule has 0 saturated carbocycles. The van der Waals surface area contributed by atoms with Gasteiger partial charge in [0.1, 0.15) is 0 Å². The molecule has 1 saturated heterocycles. The molecular weight excluding hydrogens is 264 g/mol. The number of anilines is 1. The van der Waals surface area contributed by atoms with Crippen LogP contribution in [0.3, 0.4) is 0 Å². The SMILES string of the molecule is CCCOC1CCCN(c2ncc(CC(N)CC)cn2)C1. The highest BCUT2D eigenvalue weighted by Gasteiger charge is 2.22. The van der Waals surface area contributed by atoms with Crippen LogP contribution in [0.4, 0.5) is 5.95 Å². The van der Waals surface area contributed by atoms with Gasteiger partial charge in [0.25, 0.3) is 0 Å². The van der Waals surface area contributed by atoms with Crippen molar-refractivity contribution in [2.24, 2.45) is 5.73 Å². The molecule has 0 aromatic carbocycles. The van der Waals surface area contributed by atoms with Crippen molar-refractivity contribution in [2.45, 2.75) is 58.1 Å². The zero-order chi connectivity index (χ0) is 15.1. The number of nitrogens with zero attached hydrogens (tertiary/aromatic N) is 3. The molecule has 118 valence electrons. The van der Waals surface area contributed by atoms with Gasteiger partial charge in [-0.25, -0.2) is 9.97 Å². The van der Waals surface area contributed by atoms with Crippen LogP contribution in [0.2, 0.25) is 0 Å². The Hall–Kier alpha value is -1.20. The molecule has 0 aliphatic carbocycles. The van der Waals surface area contributed by atoms with E-state index in [1.54, 1.807) is 0 Å². The van der Waals surface area contributed by atoms with Gasteiger partial charge in [-0.2, -0.15) is 0 Å². The van der Waals surface area contributed by atoms with Crippen LogP contribution in [0, 0.1) is 0 Å². The van der Waals surface area contributed by atoms with E-state index < -0.39 is 0 Å². The minimum absolute atomic E-state index is 0.196. The van der Waals surface area contributed by atoms with Gasteiger partial charge in [-0.15, -0.1) is 0 Å². The number of piperidine rings is 1. The Bertz CT molecular complexity index is 409. The van der Waals surface area contributed by atoms with E-state index in [2.05, 4.69) is 28.7 Å². The van der Waals surface area contributed by atoms with E-state index in [0.29, 0.717) is 6.10 Å². The Kier molecular flexibility index (Phi) is 6.39. The molecular formula is C16H28N4O. The fourth-order valence-electron chi connectivity index (χ4n) is 2.60. The molecule has 2 unspecified atom stereocenters. The summed E-state index contributed by atoms with van der Waals surface area (Å²) in [6, 6.07) is 0.196. The van der Waals surface area contributed by atoms with Crippen LogP contribution in [-0.2, 0) is 11.2 Å². The van der Waals surface area contributed by atoms with E-state index in [0.717, 1.165) is 63.3 Å². The number of hydrogen-bond donors (Lipinski definition) is 1. The lowest BCUT2D eigenvalue weighted by molar-refractivity contribution is 0.0437. The fraction of sp³-hybridized carbons (Fsp3) is 0.750. The van der Waals surface area contributed by atoms with Crippen LogP contribution in [-0.4, -0.2) is 41.8 Å². The Morgan fingerprint density at radius 1 is 1.38 bits per heavy atom. The van der Waals surface area contributed by atoms with E-state index in [9.17, 15) is 0 Å². The van der Waals surface area contributed by atoms with E-state index in [-0.39, 0.29) is 6.04 Å². The number of aromatic nitrogens is 2. The van der Waals surface area contributed by atoms with Crippen LogP contribution < -0.4 is 10.6 Å². The summed E-state index contributed by atoms with van der Waals surface area (Å²) in [4.78, 5) is 11.2. The van der Waals surface area contributed by atoms with Crippen LogP contribution in [0.5, 0.6) is 0 Å². The predicted molar refractivity (Wildman–Crippen MR) is 85.5 cm³/mol. The quantitative estimate of drug-likeness (QED) is 0.834. The Morgan fingerprint density at radius 3 is 2.81 bits per heavy atom. The van der Waals surface area contributed by atoms with Gasteiger partial charge in [0, 0.05) is 38.1 Å². The van der Waals surface area contributed by atoms with Crippen molar-refractivity contribution in [3.63, 3.8) is 0 Å². The number of rotatable bonds is 7. The first-order valence-corrected chi connectivity index (χ1v) is 8.16. The molecule has 5 heteroatoms. The summed E-state index contributed by atoms with van der Waals surface area (Å²) in [6.45, 7) is 6.99. The monoisotopic (exact) mass is 292 g/mol. The highest BCUT2D eigenvalue weighted by molar-refractivity contribution is 5.31. The summed E-state index contributed by atoms with van der Waals surface area (Å²) in [6.07, 6.45) is 9.31. The van der Waals surface area contributed by atoms with Crippen molar-refractivity contribution < 1.29 is 4.74 Å². The Morgan fingerprint density at radius 2 is 2.14 bits per heavy atom. The Labute approximate surface area is 127 Å². The molecule has 2 rings (SSSR count). The topological polar surface area (TPSA) is 64.3 Å². The average molecular weight is 292 g/mol. The summed E-state index contributed by atoms with van der Waals surface area (Å²) in [5, 5.41) is 0. The molecule has 2 heterocycles. The van der Waals surface area contributed by atoms with Crippen molar-refractivity contribution in [1.29, 1.82) is 0 Å². The standard InChI is InChI=1S/C16H28N4O/c1-3-8-21-15-6-5-7-20(12-15)16-18-10-13(11-19-16)9-14(17)4-2/h10-11,14-15H,3-9,12,17H2,1-2H3. The fourth-order valence-corrected chi connectivity index (χ4v) is 2.60. The van der Waals surface area contributed by atoms with Crippen LogP contribution in [0.15, 0.2) is 12.4 Å². The van der Waals surface area contributed by atoms with Gasteiger partial charge >= 0.3 is 0 Å². The second-order valence-electron chi connectivity index (χ2n) is 5.84. The minimum atomic E-state index is 0.196. The van der Waals surface area contributed by atoms with Crippen LogP contribution in [0.25, 0.3) is 0 Å². The molecule has 1 fully saturated rings. The van der Waals surface area contributed by atoms with Gasteiger partial charge in [-0.05, 0) is 37.7 Å². The second kappa shape index (κ2) is 8.29. The molecule has 0 radical (unpaired) electrons. The highest BCUT2D eigenvalue weighted by atomic mass is 16.5. The maximum Gasteiger partial charge on any atom is 0.225 e. The number of hydrogen-bond acceptors (Lipinski definition) is 5. The third kappa shape index (κ3) is 4.93. The molecule has 0 amide bonds. The minimum Gasteiger partial charge on any atom is -0.376 e.